The molecule has 2 aromatic rings. The number of ether oxygens (including phenoxy) is 1. The zero-order chi connectivity index (χ0) is 12.4. The van der Waals surface area contributed by atoms with Crippen LogP contribution in [-0.4, -0.2) is 36.6 Å². The van der Waals surface area contributed by atoms with Crippen LogP contribution in [0.15, 0.2) is 36.5 Å². The van der Waals surface area contributed by atoms with Crippen LogP contribution in [0, 0.1) is 0 Å². The third kappa shape index (κ3) is 2.00. The maximum atomic E-state index is 12.4. The number of aromatic nitrogens is 1. The Morgan fingerprint density at radius 2 is 2.22 bits per heavy atom. The Morgan fingerprint density at radius 1 is 1.33 bits per heavy atom. The van der Waals surface area contributed by atoms with Crippen molar-refractivity contribution in [3.05, 3.63) is 42.1 Å². The molecule has 1 aliphatic heterocycles. The fraction of sp³-hybridized carbons (Fsp3) is 0.286. The van der Waals surface area contributed by atoms with E-state index in [2.05, 4.69) is 10.3 Å². The lowest BCUT2D eigenvalue weighted by Crippen LogP contribution is -2.46. The number of morpholine rings is 1. The summed E-state index contributed by atoms with van der Waals surface area (Å²) in [7, 11) is 0. The van der Waals surface area contributed by atoms with Crippen molar-refractivity contribution >= 4 is 16.7 Å². The Labute approximate surface area is 105 Å². The molecule has 1 unspecified atom stereocenters. The van der Waals surface area contributed by atoms with Crippen LogP contribution < -0.4 is 5.32 Å². The number of rotatable bonds is 2. The fourth-order valence-electron chi connectivity index (χ4n) is 2.22. The maximum absolute atomic E-state index is 12.4. The van der Waals surface area contributed by atoms with Gasteiger partial charge in [0.2, 0.25) is 0 Å². The van der Waals surface area contributed by atoms with Crippen molar-refractivity contribution in [1.82, 2.24) is 10.3 Å². The van der Waals surface area contributed by atoms with Crippen molar-refractivity contribution in [2.45, 2.75) is 6.04 Å². The van der Waals surface area contributed by atoms with Gasteiger partial charge in [-0.2, -0.15) is 0 Å². The normalized spacial score (nSPS) is 19.9. The first-order valence-electron chi connectivity index (χ1n) is 6.05. The number of benzene rings is 1. The zero-order valence-electron chi connectivity index (χ0n) is 9.93. The molecule has 4 heteroatoms. The second kappa shape index (κ2) is 4.84. The number of hydrogen-bond donors (Lipinski definition) is 1. The first-order valence-corrected chi connectivity index (χ1v) is 6.05. The number of hydrogen-bond acceptors (Lipinski definition) is 4. The standard InChI is InChI=1S/C14H14N2O2/c17-14(12-9-18-8-7-15-12)11-5-1-3-10-4-2-6-16-13(10)11/h1-6,12,15H,7-9H2. The highest BCUT2D eigenvalue weighted by molar-refractivity contribution is 6.09. The summed E-state index contributed by atoms with van der Waals surface area (Å²) in [6, 6.07) is 9.26. The van der Waals surface area contributed by atoms with Crippen LogP contribution in [-0.2, 0) is 4.74 Å². The Morgan fingerprint density at radius 3 is 3.06 bits per heavy atom. The molecule has 0 radical (unpaired) electrons. The summed E-state index contributed by atoms with van der Waals surface area (Å²) in [5.74, 6) is 0.0546. The first-order chi connectivity index (χ1) is 8.86. The molecule has 92 valence electrons. The predicted molar refractivity (Wildman–Crippen MR) is 68.7 cm³/mol. The van der Waals surface area contributed by atoms with Gasteiger partial charge in [0, 0.05) is 23.7 Å². The Bertz CT molecular complexity index is 572. The van der Waals surface area contributed by atoms with Gasteiger partial charge in [0.05, 0.1) is 24.8 Å². The van der Waals surface area contributed by atoms with Crippen molar-refractivity contribution in [2.75, 3.05) is 19.8 Å². The molecule has 1 aromatic carbocycles. The summed E-state index contributed by atoms with van der Waals surface area (Å²) < 4.78 is 5.33. The molecule has 1 fully saturated rings. The average Bonchev–Trinajstić information content (AvgIpc) is 2.47. The predicted octanol–water partition coefficient (Wildman–Crippen LogP) is 1.41. The summed E-state index contributed by atoms with van der Waals surface area (Å²) in [6.07, 6.45) is 1.71. The van der Waals surface area contributed by atoms with E-state index in [1.807, 2.05) is 30.3 Å². The molecule has 1 saturated heterocycles. The number of carbonyl (C=O) groups excluding carboxylic acids is 1. The van der Waals surface area contributed by atoms with E-state index in [0.717, 1.165) is 10.9 Å². The molecule has 1 aliphatic rings. The molecular formula is C14H14N2O2. The van der Waals surface area contributed by atoms with Crippen molar-refractivity contribution in [3.8, 4) is 0 Å². The van der Waals surface area contributed by atoms with E-state index in [9.17, 15) is 4.79 Å². The van der Waals surface area contributed by atoms with Crippen LogP contribution >= 0.6 is 0 Å². The largest absolute Gasteiger partial charge is 0.378 e. The second-order valence-corrected chi connectivity index (χ2v) is 4.33. The lowest BCUT2D eigenvalue weighted by atomic mass is 10.0. The summed E-state index contributed by atoms with van der Waals surface area (Å²) in [5.41, 5.74) is 1.42. The van der Waals surface area contributed by atoms with E-state index < -0.39 is 0 Å². The number of pyridine rings is 1. The molecule has 18 heavy (non-hydrogen) atoms. The lowest BCUT2D eigenvalue weighted by Gasteiger charge is -2.22. The minimum Gasteiger partial charge on any atom is -0.378 e. The topological polar surface area (TPSA) is 51.2 Å². The summed E-state index contributed by atoms with van der Waals surface area (Å²) in [6.45, 7) is 1.81. The summed E-state index contributed by atoms with van der Waals surface area (Å²) >= 11 is 0. The van der Waals surface area contributed by atoms with Gasteiger partial charge in [-0.15, -0.1) is 0 Å². The van der Waals surface area contributed by atoms with Crippen molar-refractivity contribution in [1.29, 1.82) is 0 Å². The maximum Gasteiger partial charge on any atom is 0.184 e. The molecule has 3 rings (SSSR count). The molecule has 0 amide bonds. The number of nitrogens with one attached hydrogen (secondary N) is 1. The monoisotopic (exact) mass is 242 g/mol. The third-order valence-electron chi connectivity index (χ3n) is 3.14. The smallest absolute Gasteiger partial charge is 0.184 e. The van der Waals surface area contributed by atoms with Gasteiger partial charge in [-0.05, 0) is 12.1 Å². The Hall–Kier alpha value is -1.78. The molecule has 0 bridgehead atoms. The molecule has 2 heterocycles. The fourth-order valence-corrected chi connectivity index (χ4v) is 2.22. The van der Waals surface area contributed by atoms with Crippen LogP contribution in [0.5, 0.6) is 0 Å². The minimum atomic E-state index is -0.258. The van der Waals surface area contributed by atoms with E-state index in [-0.39, 0.29) is 11.8 Å². The summed E-state index contributed by atoms with van der Waals surface area (Å²) in [4.78, 5) is 16.7. The Kier molecular flexibility index (Phi) is 3.04. The highest BCUT2D eigenvalue weighted by Crippen LogP contribution is 2.18. The summed E-state index contributed by atoms with van der Waals surface area (Å²) in [5, 5.41) is 4.17. The van der Waals surface area contributed by atoms with Crippen LogP contribution in [0.1, 0.15) is 10.4 Å². The van der Waals surface area contributed by atoms with Crippen LogP contribution in [0.4, 0.5) is 0 Å². The highest BCUT2D eigenvalue weighted by atomic mass is 16.5. The van der Waals surface area contributed by atoms with Crippen LogP contribution in [0.2, 0.25) is 0 Å². The van der Waals surface area contributed by atoms with Crippen LogP contribution in [0.25, 0.3) is 10.9 Å². The van der Waals surface area contributed by atoms with Crippen molar-refractivity contribution in [3.63, 3.8) is 0 Å². The van der Waals surface area contributed by atoms with Gasteiger partial charge in [-0.3, -0.25) is 9.78 Å². The van der Waals surface area contributed by atoms with E-state index in [1.165, 1.54) is 0 Å². The van der Waals surface area contributed by atoms with Crippen molar-refractivity contribution < 1.29 is 9.53 Å². The SMILES string of the molecule is O=C(c1cccc2cccnc12)C1COCCN1. The minimum absolute atomic E-state index is 0.0546. The molecule has 0 saturated carbocycles. The second-order valence-electron chi connectivity index (χ2n) is 4.33. The van der Waals surface area contributed by atoms with E-state index in [4.69, 9.17) is 4.74 Å². The molecule has 1 aromatic heterocycles. The van der Waals surface area contributed by atoms with E-state index in [0.29, 0.717) is 25.3 Å². The molecule has 1 atom stereocenters. The van der Waals surface area contributed by atoms with Gasteiger partial charge >= 0.3 is 0 Å². The van der Waals surface area contributed by atoms with Gasteiger partial charge < -0.3 is 10.1 Å². The number of ketones is 1. The zero-order valence-corrected chi connectivity index (χ0v) is 9.93. The number of para-hydroxylation sites is 1. The molecule has 1 N–H and O–H groups in total. The molecule has 4 nitrogen and oxygen atoms in total. The van der Waals surface area contributed by atoms with E-state index >= 15 is 0 Å². The quantitative estimate of drug-likeness (QED) is 0.809. The van der Waals surface area contributed by atoms with Crippen molar-refractivity contribution in [2.24, 2.45) is 0 Å². The molecule has 0 spiro atoms. The van der Waals surface area contributed by atoms with Gasteiger partial charge in [0.15, 0.2) is 5.78 Å². The first kappa shape index (κ1) is 11.3. The molecular weight excluding hydrogens is 228 g/mol. The van der Waals surface area contributed by atoms with Gasteiger partial charge in [-0.1, -0.05) is 18.2 Å². The van der Waals surface area contributed by atoms with Gasteiger partial charge in [0.25, 0.3) is 0 Å². The third-order valence-corrected chi connectivity index (χ3v) is 3.14. The number of carbonyl (C=O) groups is 1. The van der Waals surface area contributed by atoms with E-state index in [1.54, 1.807) is 6.20 Å². The van der Waals surface area contributed by atoms with Gasteiger partial charge in [-0.25, -0.2) is 0 Å². The number of fused-ring (bicyclic) bond motifs is 1. The number of nitrogens with zero attached hydrogens (tertiary/aromatic N) is 1. The highest BCUT2D eigenvalue weighted by Gasteiger charge is 2.24. The molecule has 0 aliphatic carbocycles. The van der Waals surface area contributed by atoms with Crippen LogP contribution in [0.3, 0.4) is 0 Å². The number of Topliss-reactive ketones (excluding diaryl/α,β-unsaturated/α-hetero) is 1. The Balaban J connectivity index is 2.00. The lowest BCUT2D eigenvalue weighted by molar-refractivity contribution is 0.0608. The average molecular weight is 242 g/mol. The van der Waals surface area contributed by atoms with Gasteiger partial charge in [0.1, 0.15) is 0 Å².